The minimum absolute atomic E-state index is 0. The zero-order valence-corrected chi connectivity index (χ0v) is 20.7. The first-order valence-corrected chi connectivity index (χ1v) is 12.2. The number of fused-ring (bicyclic) bond motifs is 2. The average molecular weight is 487 g/mol. The van der Waals surface area contributed by atoms with Crippen LogP contribution in [0.25, 0.3) is 10.8 Å². The Morgan fingerprint density at radius 3 is 2.57 bits per heavy atom. The van der Waals surface area contributed by atoms with Crippen molar-refractivity contribution in [3.63, 3.8) is 0 Å². The smallest absolute Gasteiger partial charge is 0.335 e. The predicted molar refractivity (Wildman–Crippen MR) is 144 cm³/mol. The van der Waals surface area contributed by atoms with Gasteiger partial charge in [0.05, 0.1) is 11.7 Å². The highest BCUT2D eigenvalue weighted by atomic mass is 35.5. The topological polar surface area (TPSA) is 46.5 Å². The van der Waals surface area contributed by atoms with E-state index >= 15 is 0 Å². The second-order valence-corrected chi connectivity index (χ2v) is 9.40. The number of aromatic carboxylic acids is 1. The second-order valence-electron chi connectivity index (χ2n) is 9.40. The zero-order valence-electron chi connectivity index (χ0n) is 19.9. The quantitative estimate of drug-likeness (QED) is 0.286. The lowest BCUT2D eigenvalue weighted by atomic mass is 9.82. The van der Waals surface area contributed by atoms with Crippen LogP contribution in [0.15, 0.2) is 91.0 Å². The molecular formula is C31H31ClO3. The summed E-state index contributed by atoms with van der Waals surface area (Å²) in [5.74, 6) is 0.655. The van der Waals surface area contributed by atoms with Crippen molar-refractivity contribution in [2.75, 3.05) is 0 Å². The minimum Gasteiger partial charge on any atom is -0.490 e. The van der Waals surface area contributed by atoms with Crippen LogP contribution in [0.4, 0.5) is 0 Å². The van der Waals surface area contributed by atoms with E-state index < -0.39 is 5.97 Å². The van der Waals surface area contributed by atoms with Crippen LogP contribution < -0.4 is 4.74 Å². The van der Waals surface area contributed by atoms with Crippen molar-refractivity contribution in [3.05, 3.63) is 113 Å². The molecule has 180 valence electrons. The number of rotatable bonds is 7. The molecule has 0 saturated carbocycles. The Kier molecular flexibility index (Phi) is 7.77. The molecular weight excluding hydrogens is 456 g/mol. The Labute approximate surface area is 213 Å². The fraction of sp³-hybridized carbons (Fsp3) is 0.258. The number of hydrogen-bond acceptors (Lipinski definition) is 2. The van der Waals surface area contributed by atoms with Gasteiger partial charge in [-0.3, -0.25) is 0 Å². The van der Waals surface area contributed by atoms with Crippen molar-refractivity contribution in [2.24, 2.45) is 0 Å². The zero-order chi connectivity index (χ0) is 23.5. The first-order valence-electron chi connectivity index (χ1n) is 12.2. The van der Waals surface area contributed by atoms with Crippen LogP contribution in [0.5, 0.6) is 5.75 Å². The van der Waals surface area contributed by atoms with Gasteiger partial charge in [0.25, 0.3) is 0 Å². The van der Waals surface area contributed by atoms with Gasteiger partial charge in [0.2, 0.25) is 0 Å². The Morgan fingerprint density at radius 1 is 0.971 bits per heavy atom. The molecule has 3 atom stereocenters. The maximum absolute atomic E-state index is 11.5. The molecule has 1 aliphatic heterocycles. The van der Waals surface area contributed by atoms with Crippen molar-refractivity contribution < 1.29 is 14.6 Å². The van der Waals surface area contributed by atoms with Gasteiger partial charge < -0.3 is 9.84 Å². The Hall–Kier alpha value is -3.30. The van der Waals surface area contributed by atoms with E-state index in [1.54, 1.807) is 6.07 Å². The third-order valence-electron chi connectivity index (χ3n) is 7.14. The largest absolute Gasteiger partial charge is 0.490 e. The molecule has 0 aliphatic carbocycles. The molecule has 3 nitrogen and oxygen atoms in total. The second kappa shape index (κ2) is 11.0. The Bertz CT molecular complexity index is 1310. The molecule has 1 N–H and O–H groups in total. The highest BCUT2D eigenvalue weighted by Crippen LogP contribution is 2.42. The van der Waals surface area contributed by atoms with Crippen LogP contribution in [0.3, 0.4) is 0 Å². The van der Waals surface area contributed by atoms with Crippen LogP contribution in [0.2, 0.25) is 0 Å². The molecule has 0 spiro atoms. The van der Waals surface area contributed by atoms with Crippen LogP contribution >= 0.6 is 12.4 Å². The average Bonchev–Trinajstić information content (AvgIpc) is 2.88. The first-order chi connectivity index (χ1) is 16.6. The summed E-state index contributed by atoms with van der Waals surface area (Å²) in [7, 11) is 0. The standard InChI is InChI=1S/C31H30O3.ClH/c1-21(26-17-8-11-22-10-2-3-15-27(22)26)9-6-14-25-20-29(28-16-4-5-18-30(28)34-25)23-12-7-13-24(19-23)31(32)33;/h2-5,7-8,10-13,15-19,21,25,29H,6,9,14,20H2,1H3,(H,32,33);1H/t21-,25?,29?;/m0./s1. The van der Waals surface area contributed by atoms with Crippen molar-refractivity contribution in [3.8, 4) is 5.75 Å². The van der Waals surface area contributed by atoms with E-state index in [1.807, 2.05) is 36.4 Å². The molecule has 0 aromatic heterocycles. The number of benzene rings is 4. The van der Waals surface area contributed by atoms with Crippen LogP contribution in [0.1, 0.15) is 71.5 Å². The fourth-order valence-electron chi connectivity index (χ4n) is 5.36. The summed E-state index contributed by atoms with van der Waals surface area (Å²) in [5, 5.41) is 12.1. The van der Waals surface area contributed by atoms with Crippen molar-refractivity contribution in [1.29, 1.82) is 0 Å². The molecule has 4 heteroatoms. The minimum atomic E-state index is -0.888. The van der Waals surface area contributed by atoms with E-state index in [0.29, 0.717) is 11.5 Å². The number of carbonyl (C=O) groups is 1. The summed E-state index contributed by atoms with van der Waals surface area (Å²) >= 11 is 0. The molecule has 1 aliphatic rings. The molecule has 4 aromatic carbocycles. The van der Waals surface area contributed by atoms with E-state index in [4.69, 9.17) is 4.74 Å². The van der Waals surface area contributed by atoms with Crippen molar-refractivity contribution >= 4 is 29.1 Å². The third kappa shape index (κ3) is 5.36. The highest BCUT2D eigenvalue weighted by molar-refractivity contribution is 5.88. The van der Waals surface area contributed by atoms with Gasteiger partial charge in [-0.25, -0.2) is 4.79 Å². The molecule has 1 heterocycles. The molecule has 0 fully saturated rings. The molecule has 0 radical (unpaired) electrons. The summed E-state index contributed by atoms with van der Waals surface area (Å²) in [6.45, 7) is 2.32. The molecule has 4 aromatic rings. The lowest BCUT2D eigenvalue weighted by Gasteiger charge is -2.33. The maximum atomic E-state index is 11.5. The summed E-state index contributed by atoms with van der Waals surface area (Å²) in [6.07, 6.45) is 4.16. The molecule has 0 amide bonds. The van der Waals surface area contributed by atoms with Crippen LogP contribution in [0, 0.1) is 0 Å². The van der Waals surface area contributed by atoms with Crippen molar-refractivity contribution in [2.45, 2.75) is 50.5 Å². The number of halogens is 1. The van der Waals surface area contributed by atoms with Gasteiger partial charge in [-0.15, -0.1) is 12.4 Å². The molecule has 2 unspecified atom stereocenters. The lowest BCUT2D eigenvalue weighted by molar-refractivity contribution is 0.0696. The number of para-hydroxylation sites is 1. The van der Waals surface area contributed by atoms with Gasteiger partial charge in [-0.1, -0.05) is 79.7 Å². The van der Waals surface area contributed by atoms with E-state index in [-0.39, 0.29) is 24.4 Å². The van der Waals surface area contributed by atoms with Gasteiger partial charge in [0.15, 0.2) is 0 Å². The number of hydrogen-bond donors (Lipinski definition) is 1. The highest BCUT2D eigenvalue weighted by Gasteiger charge is 2.29. The molecule has 35 heavy (non-hydrogen) atoms. The molecule has 0 saturated heterocycles. The third-order valence-corrected chi connectivity index (χ3v) is 7.14. The van der Waals surface area contributed by atoms with E-state index in [0.717, 1.165) is 42.6 Å². The maximum Gasteiger partial charge on any atom is 0.335 e. The van der Waals surface area contributed by atoms with Gasteiger partial charge in [0, 0.05) is 11.5 Å². The van der Waals surface area contributed by atoms with E-state index in [9.17, 15) is 9.90 Å². The molecule has 5 rings (SSSR count). The number of ether oxygens (including phenoxy) is 1. The van der Waals surface area contributed by atoms with Crippen LogP contribution in [-0.4, -0.2) is 17.2 Å². The SMILES string of the molecule is C[C@@H](CCCC1CC(c2cccc(C(=O)O)c2)c2ccccc2O1)c1cccc2ccccc12.Cl. The number of carboxylic acid groups (broad SMARTS) is 1. The monoisotopic (exact) mass is 486 g/mol. The van der Waals surface area contributed by atoms with Gasteiger partial charge >= 0.3 is 5.97 Å². The summed E-state index contributed by atoms with van der Waals surface area (Å²) in [6, 6.07) is 30.7. The Balaban J connectivity index is 0.00000289. The van der Waals surface area contributed by atoms with E-state index in [2.05, 4.69) is 55.5 Å². The van der Waals surface area contributed by atoms with E-state index in [1.165, 1.54) is 16.3 Å². The predicted octanol–water partition coefficient (Wildman–Crippen LogP) is 8.22. The normalized spacial score (nSPS) is 17.6. The lowest BCUT2D eigenvalue weighted by Crippen LogP contribution is -2.26. The van der Waals surface area contributed by atoms with Gasteiger partial charge in [0.1, 0.15) is 5.75 Å². The number of carboxylic acids is 1. The fourth-order valence-corrected chi connectivity index (χ4v) is 5.36. The first kappa shape index (κ1) is 24.8. The van der Waals surface area contributed by atoms with Gasteiger partial charge in [-0.05, 0) is 71.7 Å². The summed E-state index contributed by atoms with van der Waals surface area (Å²) < 4.78 is 6.40. The van der Waals surface area contributed by atoms with Crippen molar-refractivity contribution in [1.82, 2.24) is 0 Å². The summed E-state index contributed by atoms with van der Waals surface area (Å²) in [4.78, 5) is 11.5. The Morgan fingerprint density at radius 2 is 1.71 bits per heavy atom. The van der Waals surface area contributed by atoms with Gasteiger partial charge in [-0.2, -0.15) is 0 Å². The van der Waals surface area contributed by atoms with Crippen LogP contribution in [-0.2, 0) is 0 Å². The molecule has 0 bridgehead atoms. The summed E-state index contributed by atoms with van der Waals surface area (Å²) in [5.41, 5.74) is 3.94.